The van der Waals surface area contributed by atoms with Gasteiger partial charge in [0.1, 0.15) is 10.6 Å². The lowest BCUT2D eigenvalue weighted by Gasteiger charge is -1.84. The van der Waals surface area contributed by atoms with E-state index in [4.69, 9.17) is 10.8 Å². The van der Waals surface area contributed by atoms with Gasteiger partial charge in [0.05, 0.1) is 6.20 Å². The van der Waals surface area contributed by atoms with Gasteiger partial charge in [-0.3, -0.25) is 0 Å². The molecule has 3 N–H and O–H groups in total. The van der Waals surface area contributed by atoms with Crippen molar-refractivity contribution in [2.75, 3.05) is 5.73 Å². The van der Waals surface area contributed by atoms with Crippen LogP contribution < -0.4 is 5.73 Å². The fraction of sp³-hybridized carbons (Fsp3) is 0. The fourth-order valence-corrected chi connectivity index (χ4v) is 0.919. The van der Waals surface area contributed by atoms with Gasteiger partial charge in [-0.15, -0.1) is 0 Å². The van der Waals surface area contributed by atoms with Gasteiger partial charge >= 0.3 is 5.97 Å². The molecule has 0 spiro atoms. The predicted molar refractivity (Wildman–Crippen MR) is 33.5 cm³/mol. The number of rotatable bonds is 1. The van der Waals surface area contributed by atoms with Crippen molar-refractivity contribution < 1.29 is 9.90 Å². The van der Waals surface area contributed by atoms with Gasteiger partial charge in [-0.05, 0) is 11.5 Å². The molecule has 5 heteroatoms. The molecule has 4 nitrogen and oxygen atoms in total. The van der Waals surface area contributed by atoms with E-state index in [0.717, 1.165) is 11.5 Å². The minimum absolute atomic E-state index is 0.0833. The minimum Gasteiger partial charge on any atom is -0.478 e. The van der Waals surface area contributed by atoms with Crippen LogP contribution in [0.25, 0.3) is 0 Å². The smallest absolute Gasteiger partial charge is 0.340 e. The lowest BCUT2D eigenvalue weighted by molar-refractivity contribution is 0.0698. The van der Waals surface area contributed by atoms with E-state index < -0.39 is 5.97 Å². The highest BCUT2D eigenvalue weighted by atomic mass is 32.1. The quantitative estimate of drug-likeness (QED) is 0.599. The summed E-state index contributed by atoms with van der Waals surface area (Å²) in [4.78, 5) is 10.2. The number of hydrogen-bond acceptors (Lipinski definition) is 4. The maximum atomic E-state index is 10.2. The van der Waals surface area contributed by atoms with Crippen LogP contribution in [0.5, 0.6) is 0 Å². The Morgan fingerprint density at radius 2 is 2.56 bits per heavy atom. The zero-order valence-corrected chi connectivity index (χ0v) is 5.18. The summed E-state index contributed by atoms with van der Waals surface area (Å²) in [5, 5.41) is 8.59. The average molecular weight is 144 g/mol. The molecule has 0 amide bonds. The van der Waals surface area contributed by atoms with E-state index in [1.807, 2.05) is 0 Å². The molecule has 0 atom stereocenters. The SMILES string of the molecule is Nc1sncc1C(=O)O. The largest absolute Gasteiger partial charge is 0.478 e. The molecule has 0 unspecified atom stereocenters. The van der Waals surface area contributed by atoms with Crippen LogP contribution in [0.15, 0.2) is 6.20 Å². The zero-order chi connectivity index (χ0) is 6.85. The summed E-state index contributed by atoms with van der Waals surface area (Å²) in [7, 11) is 0. The molecule has 0 radical (unpaired) electrons. The van der Waals surface area contributed by atoms with Gasteiger partial charge in [0.25, 0.3) is 0 Å². The fourth-order valence-electron chi connectivity index (χ4n) is 0.409. The number of carboxylic acids is 1. The molecule has 0 aromatic carbocycles. The summed E-state index contributed by atoms with van der Waals surface area (Å²) >= 11 is 0.980. The van der Waals surface area contributed by atoms with Gasteiger partial charge in [0.15, 0.2) is 0 Å². The van der Waals surface area contributed by atoms with Crippen LogP contribution in [0, 0.1) is 0 Å². The number of aromatic carboxylic acids is 1. The highest BCUT2D eigenvalue weighted by molar-refractivity contribution is 7.10. The van der Waals surface area contributed by atoms with Crippen molar-refractivity contribution in [1.82, 2.24) is 4.37 Å². The molecule has 0 aliphatic heterocycles. The molecule has 48 valence electrons. The van der Waals surface area contributed by atoms with Crippen molar-refractivity contribution in [3.8, 4) is 0 Å². The first-order valence-corrected chi connectivity index (χ1v) is 2.92. The van der Waals surface area contributed by atoms with Gasteiger partial charge in [0.2, 0.25) is 0 Å². The molecular formula is C4H4N2O2S. The number of anilines is 1. The molecule has 1 aromatic heterocycles. The molecule has 0 saturated carbocycles. The molecule has 0 aliphatic carbocycles. The second-order valence-electron chi connectivity index (χ2n) is 1.41. The monoisotopic (exact) mass is 144 g/mol. The molecule has 0 fully saturated rings. The normalized spacial score (nSPS) is 9.33. The van der Waals surface area contributed by atoms with Crippen LogP contribution in [0.4, 0.5) is 5.00 Å². The number of carboxylic acid groups (broad SMARTS) is 1. The van der Waals surface area contributed by atoms with Crippen molar-refractivity contribution >= 4 is 22.5 Å². The standard InChI is InChI=1S/C4H4N2O2S/c5-3-2(4(7)8)1-6-9-3/h1H,5H2,(H,7,8). The molecule has 1 rings (SSSR count). The molecule has 0 aliphatic rings. The van der Waals surface area contributed by atoms with Crippen molar-refractivity contribution in [3.63, 3.8) is 0 Å². The van der Waals surface area contributed by atoms with Gasteiger partial charge < -0.3 is 10.8 Å². The maximum absolute atomic E-state index is 10.2. The van der Waals surface area contributed by atoms with E-state index in [9.17, 15) is 4.79 Å². The molecule has 1 heterocycles. The van der Waals surface area contributed by atoms with Crippen LogP contribution in [0.2, 0.25) is 0 Å². The molecule has 0 bridgehead atoms. The number of nitrogens with zero attached hydrogens (tertiary/aromatic N) is 1. The Morgan fingerprint density at radius 1 is 1.89 bits per heavy atom. The average Bonchev–Trinajstić information content (AvgIpc) is 2.13. The van der Waals surface area contributed by atoms with Crippen LogP contribution in [0.3, 0.4) is 0 Å². The highest BCUT2D eigenvalue weighted by Crippen LogP contribution is 2.14. The lowest BCUT2D eigenvalue weighted by Crippen LogP contribution is -1.97. The van der Waals surface area contributed by atoms with Gasteiger partial charge in [-0.2, -0.15) is 4.37 Å². The number of nitrogens with two attached hydrogens (primary N) is 1. The summed E-state index contributed by atoms with van der Waals surface area (Å²) in [6.45, 7) is 0. The minimum atomic E-state index is -1.03. The van der Waals surface area contributed by atoms with Crippen molar-refractivity contribution in [2.24, 2.45) is 0 Å². The molecular weight excluding hydrogens is 140 g/mol. The van der Waals surface area contributed by atoms with Gasteiger partial charge in [0, 0.05) is 0 Å². The van der Waals surface area contributed by atoms with E-state index >= 15 is 0 Å². The maximum Gasteiger partial charge on any atom is 0.340 e. The van der Waals surface area contributed by atoms with E-state index in [2.05, 4.69) is 4.37 Å². The van der Waals surface area contributed by atoms with Crippen molar-refractivity contribution in [3.05, 3.63) is 11.8 Å². The third-order valence-electron chi connectivity index (χ3n) is 0.829. The van der Waals surface area contributed by atoms with E-state index in [-0.39, 0.29) is 10.6 Å². The van der Waals surface area contributed by atoms with Crippen LogP contribution in [0.1, 0.15) is 10.4 Å². The number of nitrogen functional groups attached to an aromatic ring is 1. The van der Waals surface area contributed by atoms with E-state index in [0.29, 0.717) is 0 Å². The second kappa shape index (κ2) is 2.02. The summed E-state index contributed by atoms with van der Waals surface area (Å²) in [5.41, 5.74) is 5.30. The van der Waals surface area contributed by atoms with Gasteiger partial charge in [-0.25, -0.2) is 4.79 Å². The third kappa shape index (κ3) is 0.996. The van der Waals surface area contributed by atoms with Crippen molar-refractivity contribution in [2.45, 2.75) is 0 Å². The Balaban J connectivity index is 3.08. The first-order valence-electron chi connectivity index (χ1n) is 2.15. The number of hydrogen-bond donors (Lipinski definition) is 2. The zero-order valence-electron chi connectivity index (χ0n) is 4.37. The Morgan fingerprint density at radius 3 is 2.78 bits per heavy atom. The van der Waals surface area contributed by atoms with E-state index in [1.165, 1.54) is 6.20 Å². The first kappa shape index (κ1) is 6.03. The van der Waals surface area contributed by atoms with Crippen LogP contribution in [-0.2, 0) is 0 Å². The predicted octanol–water partition coefficient (Wildman–Crippen LogP) is 0.424. The number of carbonyl (C=O) groups is 1. The third-order valence-corrected chi connectivity index (χ3v) is 1.46. The highest BCUT2D eigenvalue weighted by Gasteiger charge is 2.08. The molecule has 0 saturated heterocycles. The van der Waals surface area contributed by atoms with Crippen LogP contribution >= 0.6 is 11.5 Å². The van der Waals surface area contributed by atoms with Gasteiger partial charge in [-0.1, -0.05) is 0 Å². The van der Waals surface area contributed by atoms with E-state index in [1.54, 1.807) is 0 Å². The topological polar surface area (TPSA) is 76.2 Å². The molecule has 1 aromatic rings. The Hall–Kier alpha value is -1.10. The molecule has 9 heavy (non-hydrogen) atoms. The second-order valence-corrected chi connectivity index (χ2v) is 2.24. The lowest BCUT2D eigenvalue weighted by atomic mass is 10.4. The number of aromatic nitrogens is 1. The summed E-state index contributed by atoms with van der Waals surface area (Å²) in [6.07, 6.45) is 1.24. The Labute approximate surface area is 55.1 Å². The Bertz CT molecular complexity index is 232. The van der Waals surface area contributed by atoms with Crippen LogP contribution in [-0.4, -0.2) is 15.4 Å². The van der Waals surface area contributed by atoms with Crippen molar-refractivity contribution in [1.29, 1.82) is 0 Å². The first-order chi connectivity index (χ1) is 4.22. The summed E-state index contributed by atoms with van der Waals surface area (Å²) < 4.78 is 3.58. The Kier molecular flexibility index (Phi) is 1.35. The summed E-state index contributed by atoms with van der Waals surface area (Å²) in [5.74, 6) is -1.03. The summed E-state index contributed by atoms with van der Waals surface area (Å²) in [6, 6.07) is 0.